The van der Waals surface area contributed by atoms with E-state index in [0.29, 0.717) is 13.2 Å². The Balaban J connectivity index is 2.44. The number of hydrogen-bond acceptors (Lipinski definition) is 3. The maximum Gasteiger partial charge on any atom is 0.0950 e. The molecule has 1 aromatic carbocycles. The summed E-state index contributed by atoms with van der Waals surface area (Å²) in [4.78, 5) is 0. The van der Waals surface area contributed by atoms with Gasteiger partial charge in [0.1, 0.15) is 0 Å². The quantitative estimate of drug-likeness (QED) is 0.701. The fraction of sp³-hybridized carbons (Fsp3) is 0.571. The lowest BCUT2D eigenvalue weighted by atomic mass is 10.1. The minimum Gasteiger partial charge on any atom is -0.379 e. The monoisotopic (exact) mass is 271 g/mol. The van der Waals surface area contributed by atoms with E-state index in [1.165, 1.54) is 0 Å². The maximum absolute atomic E-state index is 5.99. The molecule has 0 bridgehead atoms. The minimum absolute atomic E-state index is 0.0129. The third-order valence-electron chi connectivity index (χ3n) is 2.51. The Kier molecular flexibility index (Phi) is 8.01. The van der Waals surface area contributed by atoms with Crippen LogP contribution >= 0.6 is 11.6 Å². The standard InChI is InChI=1S/C14H22ClNO2/c1-3-7-17-8-9-18-14(11-16-2)12-5-4-6-13(15)10-12/h4-6,10,14,16H,3,7-9,11H2,1-2H3. The van der Waals surface area contributed by atoms with Crippen molar-refractivity contribution < 1.29 is 9.47 Å². The van der Waals surface area contributed by atoms with Crippen LogP contribution in [-0.4, -0.2) is 33.4 Å². The Bertz CT molecular complexity index is 333. The van der Waals surface area contributed by atoms with Crippen LogP contribution in [0.25, 0.3) is 0 Å². The second-order valence-corrected chi connectivity index (χ2v) is 4.52. The van der Waals surface area contributed by atoms with Crippen molar-refractivity contribution in [2.24, 2.45) is 0 Å². The number of halogens is 1. The highest BCUT2D eigenvalue weighted by Crippen LogP contribution is 2.20. The summed E-state index contributed by atoms with van der Waals surface area (Å²) in [6.07, 6.45) is 1.05. The van der Waals surface area contributed by atoms with E-state index < -0.39 is 0 Å². The Morgan fingerprint density at radius 1 is 1.28 bits per heavy atom. The molecule has 3 nitrogen and oxygen atoms in total. The molecule has 0 aromatic heterocycles. The van der Waals surface area contributed by atoms with Crippen LogP contribution in [0.4, 0.5) is 0 Å². The van der Waals surface area contributed by atoms with Crippen LogP contribution in [-0.2, 0) is 9.47 Å². The van der Waals surface area contributed by atoms with Gasteiger partial charge in [0.25, 0.3) is 0 Å². The second-order valence-electron chi connectivity index (χ2n) is 4.08. The van der Waals surface area contributed by atoms with Crippen LogP contribution in [0.5, 0.6) is 0 Å². The predicted molar refractivity (Wildman–Crippen MR) is 75.2 cm³/mol. The Morgan fingerprint density at radius 2 is 2.11 bits per heavy atom. The number of ether oxygens (including phenoxy) is 2. The van der Waals surface area contributed by atoms with E-state index in [9.17, 15) is 0 Å². The number of benzene rings is 1. The van der Waals surface area contributed by atoms with Crippen molar-refractivity contribution in [3.05, 3.63) is 34.9 Å². The van der Waals surface area contributed by atoms with Crippen molar-refractivity contribution in [1.82, 2.24) is 5.32 Å². The van der Waals surface area contributed by atoms with Gasteiger partial charge in [0.2, 0.25) is 0 Å². The van der Waals surface area contributed by atoms with E-state index >= 15 is 0 Å². The molecular weight excluding hydrogens is 250 g/mol. The Labute approximate surface area is 114 Å². The lowest BCUT2D eigenvalue weighted by molar-refractivity contribution is 0.00497. The Morgan fingerprint density at radius 3 is 2.78 bits per heavy atom. The predicted octanol–water partition coefficient (Wildman–Crippen LogP) is 3.04. The molecule has 1 atom stereocenters. The first-order valence-electron chi connectivity index (χ1n) is 6.37. The number of rotatable bonds is 9. The van der Waals surface area contributed by atoms with Gasteiger partial charge in [0.05, 0.1) is 19.3 Å². The molecule has 1 rings (SSSR count). The molecule has 0 saturated carbocycles. The van der Waals surface area contributed by atoms with Crippen molar-refractivity contribution in [2.75, 3.05) is 33.4 Å². The molecule has 0 spiro atoms. The fourth-order valence-corrected chi connectivity index (χ4v) is 1.86. The minimum atomic E-state index is 0.0129. The number of nitrogens with one attached hydrogen (secondary N) is 1. The van der Waals surface area contributed by atoms with Gasteiger partial charge in [0.15, 0.2) is 0 Å². The molecule has 102 valence electrons. The zero-order valence-electron chi connectivity index (χ0n) is 11.1. The first-order chi connectivity index (χ1) is 8.77. The van der Waals surface area contributed by atoms with Gasteiger partial charge in [-0.3, -0.25) is 0 Å². The van der Waals surface area contributed by atoms with Gasteiger partial charge in [-0.2, -0.15) is 0 Å². The van der Waals surface area contributed by atoms with Crippen LogP contribution < -0.4 is 5.32 Å². The van der Waals surface area contributed by atoms with Gasteiger partial charge >= 0.3 is 0 Å². The van der Waals surface area contributed by atoms with E-state index in [0.717, 1.165) is 30.2 Å². The summed E-state index contributed by atoms with van der Waals surface area (Å²) in [6.45, 7) is 4.87. The normalized spacial score (nSPS) is 12.6. The number of hydrogen-bond donors (Lipinski definition) is 1. The molecule has 1 aromatic rings. The third kappa shape index (κ3) is 5.83. The van der Waals surface area contributed by atoms with Crippen molar-refractivity contribution in [3.8, 4) is 0 Å². The van der Waals surface area contributed by atoms with Crippen molar-refractivity contribution in [2.45, 2.75) is 19.4 Å². The molecule has 0 amide bonds. The highest BCUT2D eigenvalue weighted by Gasteiger charge is 2.11. The van der Waals surface area contributed by atoms with Gasteiger partial charge < -0.3 is 14.8 Å². The molecule has 4 heteroatoms. The van der Waals surface area contributed by atoms with E-state index in [2.05, 4.69) is 12.2 Å². The first-order valence-corrected chi connectivity index (χ1v) is 6.75. The molecule has 1 unspecified atom stereocenters. The topological polar surface area (TPSA) is 30.5 Å². The lowest BCUT2D eigenvalue weighted by Gasteiger charge is -2.18. The summed E-state index contributed by atoms with van der Waals surface area (Å²) in [7, 11) is 1.91. The van der Waals surface area contributed by atoms with Gasteiger partial charge in [-0.25, -0.2) is 0 Å². The highest BCUT2D eigenvalue weighted by molar-refractivity contribution is 6.30. The van der Waals surface area contributed by atoms with Gasteiger partial charge in [0, 0.05) is 18.2 Å². The molecule has 18 heavy (non-hydrogen) atoms. The summed E-state index contributed by atoms with van der Waals surface area (Å²) in [6, 6.07) is 7.78. The SMILES string of the molecule is CCCOCCOC(CNC)c1cccc(Cl)c1. The van der Waals surface area contributed by atoms with E-state index in [1.807, 2.05) is 31.3 Å². The average molecular weight is 272 g/mol. The second kappa shape index (κ2) is 9.34. The summed E-state index contributed by atoms with van der Waals surface area (Å²) < 4.78 is 11.2. The molecule has 0 radical (unpaired) electrons. The molecule has 0 heterocycles. The summed E-state index contributed by atoms with van der Waals surface area (Å²) in [5, 5.41) is 3.86. The molecule has 1 N–H and O–H groups in total. The zero-order valence-corrected chi connectivity index (χ0v) is 11.9. The average Bonchev–Trinajstić information content (AvgIpc) is 2.37. The van der Waals surface area contributed by atoms with Gasteiger partial charge in [-0.15, -0.1) is 0 Å². The maximum atomic E-state index is 5.99. The zero-order chi connectivity index (χ0) is 13.2. The smallest absolute Gasteiger partial charge is 0.0950 e. The molecule has 0 fully saturated rings. The van der Waals surface area contributed by atoms with E-state index in [-0.39, 0.29) is 6.10 Å². The first kappa shape index (κ1) is 15.4. The van der Waals surface area contributed by atoms with Crippen molar-refractivity contribution in [3.63, 3.8) is 0 Å². The molecule has 0 aliphatic carbocycles. The van der Waals surface area contributed by atoms with Crippen molar-refractivity contribution in [1.29, 1.82) is 0 Å². The van der Waals surface area contributed by atoms with E-state index in [1.54, 1.807) is 0 Å². The van der Waals surface area contributed by atoms with Crippen LogP contribution in [0.3, 0.4) is 0 Å². The largest absolute Gasteiger partial charge is 0.379 e. The molecule has 0 aliphatic rings. The van der Waals surface area contributed by atoms with Crippen LogP contribution in [0.2, 0.25) is 5.02 Å². The summed E-state index contributed by atoms with van der Waals surface area (Å²) in [5.41, 5.74) is 1.09. The number of likely N-dealkylation sites (N-methyl/N-ethyl adjacent to an activating group) is 1. The fourth-order valence-electron chi connectivity index (χ4n) is 1.66. The Hall–Kier alpha value is -0.610. The van der Waals surface area contributed by atoms with E-state index in [4.69, 9.17) is 21.1 Å². The van der Waals surface area contributed by atoms with Crippen LogP contribution in [0.1, 0.15) is 25.0 Å². The van der Waals surface area contributed by atoms with Crippen molar-refractivity contribution >= 4 is 11.6 Å². The third-order valence-corrected chi connectivity index (χ3v) is 2.74. The molecular formula is C14H22ClNO2. The summed E-state index contributed by atoms with van der Waals surface area (Å²) in [5.74, 6) is 0. The highest BCUT2D eigenvalue weighted by atomic mass is 35.5. The van der Waals surface area contributed by atoms with Crippen LogP contribution in [0, 0.1) is 0 Å². The van der Waals surface area contributed by atoms with Crippen LogP contribution in [0.15, 0.2) is 24.3 Å². The molecule has 0 aliphatic heterocycles. The van der Waals surface area contributed by atoms with Gasteiger partial charge in [-0.05, 0) is 31.2 Å². The summed E-state index contributed by atoms with van der Waals surface area (Å²) >= 11 is 5.99. The lowest BCUT2D eigenvalue weighted by Crippen LogP contribution is -2.21. The molecule has 0 saturated heterocycles. The van der Waals surface area contributed by atoms with Gasteiger partial charge in [-0.1, -0.05) is 30.7 Å².